The van der Waals surface area contributed by atoms with Gasteiger partial charge in [-0.25, -0.2) is 9.18 Å². The van der Waals surface area contributed by atoms with Crippen molar-refractivity contribution in [3.05, 3.63) is 50.4 Å². The van der Waals surface area contributed by atoms with Crippen LogP contribution in [0.4, 0.5) is 4.39 Å². The molecule has 3 nitrogen and oxygen atoms in total. The maximum atomic E-state index is 13.1. The first-order valence-electron chi connectivity index (χ1n) is 4.96. The quantitative estimate of drug-likeness (QED) is 0.923. The molecule has 1 aromatic heterocycles. The number of thiophene rings is 1. The Morgan fingerprint density at radius 1 is 1.39 bits per heavy atom. The Hall–Kier alpha value is -1.40. The lowest BCUT2D eigenvalue weighted by Crippen LogP contribution is -2.03. The second-order valence-corrected chi connectivity index (χ2v) is 5.99. The first-order chi connectivity index (χ1) is 8.56. The van der Waals surface area contributed by atoms with Crippen LogP contribution in [0.25, 0.3) is 0 Å². The fourth-order valence-corrected chi connectivity index (χ4v) is 2.77. The van der Waals surface area contributed by atoms with Crippen LogP contribution in [0.2, 0.25) is 0 Å². The van der Waals surface area contributed by atoms with Gasteiger partial charge in [-0.15, -0.1) is 11.3 Å². The van der Waals surface area contributed by atoms with Gasteiger partial charge in [-0.2, -0.15) is 0 Å². The Labute approximate surface area is 115 Å². The molecule has 2 rings (SSSR count). The number of hydrogen-bond acceptors (Lipinski definition) is 3. The largest absolute Gasteiger partial charge is 0.487 e. The molecule has 18 heavy (non-hydrogen) atoms. The van der Waals surface area contributed by atoms with Gasteiger partial charge in [-0.1, -0.05) is 0 Å². The van der Waals surface area contributed by atoms with Crippen LogP contribution >= 0.6 is 27.3 Å². The molecular weight excluding hydrogens is 323 g/mol. The highest BCUT2D eigenvalue weighted by molar-refractivity contribution is 9.11. The number of carboxylic acid groups (broad SMARTS) is 1. The molecule has 0 spiro atoms. The van der Waals surface area contributed by atoms with Crippen molar-refractivity contribution in [3.63, 3.8) is 0 Å². The summed E-state index contributed by atoms with van der Waals surface area (Å²) in [6.45, 7) is 0.208. The minimum atomic E-state index is -1.14. The Balaban J connectivity index is 2.17. The van der Waals surface area contributed by atoms with Gasteiger partial charge < -0.3 is 9.84 Å². The first-order valence-corrected chi connectivity index (χ1v) is 6.57. The highest BCUT2D eigenvalue weighted by atomic mass is 79.9. The van der Waals surface area contributed by atoms with Crippen LogP contribution in [0.15, 0.2) is 34.1 Å². The zero-order valence-electron chi connectivity index (χ0n) is 9.02. The summed E-state index contributed by atoms with van der Waals surface area (Å²) in [5, 5.41) is 8.95. The van der Waals surface area contributed by atoms with Gasteiger partial charge in [0.05, 0.1) is 3.79 Å². The topological polar surface area (TPSA) is 46.5 Å². The van der Waals surface area contributed by atoms with E-state index in [9.17, 15) is 9.18 Å². The predicted molar refractivity (Wildman–Crippen MR) is 69.7 cm³/mol. The summed E-state index contributed by atoms with van der Waals surface area (Å²) in [4.78, 5) is 11.9. The van der Waals surface area contributed by atoms with Gasteiger partial charge in [0, 0.05) is 10.9 Å². The van der Waals surface area contributed by atoms with E-state index in [0.717, 1.165) is 20.8 Å². The first kappa shape index (κ1) is 13.0. The molecule has 1 heterocycles. The van der Waals surface area contributed by atoms with Gasteiger partial charge in [0.25, 0.3) is 0 Å². The summed E-state index contributed by atoms with van der Waals surface area (Å²) >= 11 is 4.79. The van der Waals surface area contributed by atoms with Crippen LogP contribution in [0.5, 0.6) is 5.75 Å². The molecule has 0 radical (unpaired) electrons. The molecule has 0 amide bonds. The summed E-state index contributed by atoms with van der Waals surface area (Å²) in [6.07, 6.45) is 0. The lowest BCUT2D eigenvalue weighted by Gasteiger charge is -2.08. The van der Waals surface area contributed by atoms with Gasteiger partial charge in [-0.05, 0) is 40.2 Å². The summed E-state index contributed by atoms with van der Waals surface area (Å²) < 4.78 is 19.4. The third-order valence-electron chi connectivity index (χ3n) is 2.17. The highest BCUT2D eigenvalue weighted by Gasteiger charge is 2.12. The van der Waals surface area contributed by atoms with E-state index in [0.29, 0.717) is 0 Å². The molecule has 0 fully saturated rings. The number of hydrogen-bond donors (Lipinski definition) is 1. The number of carboxylic acids is 1. The zero-order chi connectivity index (χ0) is 13.1. The molecule has 0 aliphatic rings. The van der Waals surface area contributed by atoms with E-state index in [2.05, 4.69) is 15.9 Å². The Morgan fingerprint density at radius 3 is 2.78 bits per heavy atom. The van der Waals surface area contributed by atoms with Crippen molar-refractivity contribution in [2.24, 2.45) is 0 Å². The van der Waals surface area contributed by atoms with Crippen LogP contribution in [0.1, 0.15) is 15.2 Å². The van der Waals surface area contributed by atoms with Gasteiger partial charge in [-0.3, -0.25) is 0 Å². The average Bonchev–Trinajstić information content (AvgIpc) is 2.72. The minimum absolute atomic E-state index is 0.0343. The number of ether oxygens (including phenoxy) is 1. The van der Waals surface area contributed by atoms with Crippen LogP contribution in [0, 0.1) is 5.82 Å². The molecule has 0 aliphatic carbocycles. The zero-order valence-corrected chi connectivity index (χ0v) is 11.4. The lowest BCUT2D eigenvalue weighted by molar-refractivity contribution is 0.0691. The van der Waals surface area contributed by atoms with Crippen LogP contribution < -0.4 is 4.74 Å². The molecule has 0 saturated carbocycles. The van der Waals surface area contributed by atoms with Gasteiger partial charge in [0.2, 0.25) is 0 Å². The van der Waals surface area contributed by atoms with Crippen molar-refractivity contribution in [3.8, 4) is 5.75 Å². The molecule has 0 unspecified atom stereocenters. The molecule has 1 N–H and O–H groups in total. The summed E-state index contributed by atoms with van der Waals surface area (Å²) in [6, 6.07) is 7.09. The standard InChI is InChI=1S/C12H8BrFO3S/c13-11-4-2-8(18-11)6-17-10-5-7(14)1-3-9(10)12(15)16/h1-5H,6H2,(H,15,16). The summed E-state index contributed by atoms with van der Waals surface area (Å²) in [7, 11) is 0. The van der Waals surface area contributed by atoms with Gasteiger partial charge >= 0.3 is 5.97 Å². The molecule has 0 bridgehead atoms. The van der Waals surface area contributed by atoms with Crippen molar-refractivity contribution in [1.29, 1.82) is 0 Å². The number of rotatable bonds is 4. The number of carbonyl (C=O) groups is 1. The fourth-order valence-electron chi connectivity index (χ4n) is 1.37. The Morgan fingerprint density at radius 2 is 2.17 bits per heavy atom. The Kier molecular flexibility index (Phi) is 3.98. The van der Waals surface area contributed by atoms with Crippen molar-refractivity contribution in [1.82, 2.24) is 0 Å². The highest BCUT2D eigenvalue weighted by Crippen LogP contribution is 2.25. The molecule has 0 atom stereocenters. The number of aromatic carboxylic acids is 1. The molecule has 1 aromatic carbocycles. The van der Waals surface area contributed by atoms with E-state index in [1.807, 2.05) is 12.1 Å². The predicted octanol–water partition coefficient (Wildman–Crippen LogP) is 3.93. The average molecular weight is 331 g/mol. The van der Waals surface area contributed by atoms with E-state index >= 15 is 0 Å². The maximum Gasteiger partial charge on any atom is 0.339 e. The fraction of sp³-hybridized carbons (Fsp3) is 0.0833. The van der Waals surface area contributed by atoms with Crippen molar-refractivity contribution >= 4 is 33.2 Å². The van der Waals surface area contributed by atoms with E-state index in [-0.39, 0.29) is 17.9 Å². The number of benzene rings is 1. The molecule has 0 aliphatic heterocycles. The van der Waals surface area contributed by atoms with Crippen LogP contribution in [-0.2, 0) is 6.61 Å². The van der Waals surface area contributed by atoms with E-state index in [1.54, 1.807) is 0 Å². The van der Waals surface area contributed by atoms with E-state index < -0.39 is 11.8 Å². The summed E-state index contributed by atoms with van der Waals surface area (Å²) in [5.74, 6) is -1.63. The van der Waals surface area contributed by atoms with Crippen molar-refractivity contribution in [2.45, 2.75) is 6.61 Å². The van der Waals surface area contributed by atoms with Gasteiger partial charge in [0.1, 0.15) is 23.7 Å². The lowest BCUT2D eigenvalue weighted by atomic mass is 10.2. The number of halogens is 2. The summed E-state index contributed by atoms with van der Waals surface area (Å²) in [5.41, 5.74) is -0.0491. The van der Waals surface area contributed by atoms with Crippen LogP contribution in [-0.4, -0.2) is 11.1 Å². The van der Waals surface area contributed by atoms with Crippen molar-refractivity contribution in [2.75, 3.05) is 0 Å². The monoisotopic (exact) mass is 330 g/mol. The second kappa shape index (κ2) is 5.49. The van der Waals surface area contributed by atoms with Crippen molar-refractivity contribution < 1.29 is 19.0 Å². The molecule has 94 valence electrons. The van der Waals surface area contributed by atoms with E-state index in [4.69, 9.17) is 9.84 Å². The smallest absolute Gasteiger partial charge is 0.339 e. The second-order valence-electron chi connectivity index (χ2n) is 3.44. The molecule has 2 aromatic rings. The normalized spacial score (nSPS) is 10.3. The third-order valence-corrected chi connectivity index (χ3v) is 3.77. The van der Waals surface area contributed by atoms with Crippen LogP contribution in [0.3, 0.4) is 0 Å². The SMILES string of the molecule is O=C(O)c1ccc(F)cc1OCc1ccc(Br)s1. The molecular formula is C12H8BrFO3S. The molecule has 6 heteroatoms. The Bertz CT molecular complexity index is 582. The molecule has 0 saturated heterocycles. The van der Waals surface area contributed by atoms with E-state index in [1.165, 1.54) is 17.4 Å². The minimum Gasteiger partial charge on any atom is -0.487 e. The van der Waals surface area contributed by atoms with Gasteiger partial charge in [0.15, 0.2) is 0 Å². The maximum absolute atomic E-state index is 13.1. The third kappa shape index (κ3) is 3.08.